The third kappa shape index (κ3) is 1.89. The Hall–Kier alpha value is -0.0800. The van der Waals surface area contributed by atoms with Crippen molar-refractivity contribution in [1.29, 1.82) is 0 Å². The molecule has 0 amide bonds. The van der Waals surface area contributed by atoms with Gasteiger partial charge in [-0.25, -0.2) is 0 Å². The first-order valence-electron chi connectivity index (χ1n) is 10.7. The Bertz CT molecular complexity index is 434. The van der Waals surface area contributed by atoms with E-state index < -0.39 is 0 Å². The Morgan fingerprint density at radius 1 is 0.609 bits per heavy atom. The van der Waals surface area contributed by atoms with Crippen LogP contribution < -0.4 is 4.90 Å². The van der Waals surface area contributed by atoms with Crippen LogP contribution in [0.25, 0.3) is 0 Å². The van der Waals surface area contributed by atoms with Gasteiger partial charge in [0.15, 0.2) is 0 Å². The molecule has 0 spiro atoms. The monoisotopic (exact) mass is 317 g/mol. The number of rotatable bonds is 0. The van der Waals surface area contributed by atoms with Gasteiger partial charge in [-0.2, -0.15) is 0 Å². The zero-order valence-electron chi connectivity index (χ0n) is 15.7. The number of piperidine rings is 2. The van der Waals surface area contributed by atoms with Gasteiger partial charge >= 0.3 is 0 Å². The Morgan fingerprint density at radius 2 is 1.22 bits per heavy atom. The van der Waals surface area contributed by atoms with Gasteiger partial charge in [0.25, 0.3) is 0 Å². The van der Waals surface area contributed by atoms with Crippen molar-refractivity contribution in [3.63, 3.8) is 0 Å². The van der Waals surface area contributed by atoms with Crippen LogP contribution in [0.4, 0.5) is 0 Å². The zero-order chi connectivity index (χ0) is 15.9. The lowest BCUT2D eigenvalue weighted by molar-refractivity contribution is -0.968. The minimum atomic E-state index is 0.900. The van der Waals surface area contributed by atoms with Gasteiger partial charge in [-0.05, 0) is 37.5 Å². The van der Waals surface area contributed by atoms with Crippen LogP contribution in [0.5, 0.6) is 0 Å². The van der Waals surface area contributed by atoms with E-state index in [1.165, 1.54) is 44.9 Å². The number of fused-ring (bicyclic) bond motifs is 1. The third-order valence-electron chi connectivity index (χ3n) is 9.57. The van der Waals surface area contributed by atoms with E-state index in [0.29, 0.717) is 0 Å². The molecule has 11 unspecified atom stereocenters. The largest absolute Gasteiger partial charge is 0.326 e. The van der Waals surface area contributed by atoms with Crippen LogP contribution in [-0.2, 0) is 0 Å². The van der Waals surface area contributed by atoms with Crippen molar-refractivity contribution in [2.45, 2.75) is 109 Å². The molecule has 5 aliphatic rings. The molecule has 0 aromatic carbocycles. The third-order valence-corrected chi connectivity index (χ3v) is 9.57. The number of hydrogen-bond donors (Lipinski definition) is 1. The lowest BCUT2D eigenvalue weighted by atomic mass is 9.82. The zero-order valence-corrected chi connectivity index (χ0v) is 15.7. The van der Waals surface area contributed by atoms with Crippen molar-refractivity contribution in [2.75, 3.05) is 0 Å². The van der Waals surface area contributed by atoms with E-state index in [-0.39, 0.29) is 0 Å². The average molecular weight is 318 g/mol. The Labute approximate surface area is 143 Å². The van der Waals surface area contributed by atoms with Gasteiger partial charge in [0.1, 0.15) is 6.04 Å². The SMILES string of the molecule is CC1C(C)C2CC3C(C)C(C)C4CCCC(C5CCCC1N25)[NH+]43. The quantitative estimate of drug-likeness (QED) is 0.722. The van der Waals surface area contributed by atoms with Gasteiger partial charge in [0.2, 0.25) is 0 Å². The van der Waals surface area contributed by atoms with Gasteiger partial charge in [0.05, 0.1) is 18.1 Å². The van der Waals surface area contributed by atoms with Gasteiger partial charge in [-0.3, -0.25) is 4.90 Å². The molecule has 11 atom stereocenters. The maximum Gasteiger partial charge on any atom is 0.104 e. The standard InChI is InChI=1S/C21H36N2/c1-12-14(3)20-11-21-15(4)13(2)17-8-6-10-19(23(17)21)18-9-5-7-16(12)22(18)20/h12-21H,5-11H2,1-4H3/p+1. The van der Waals surface area contributed by atoms with E-state index in [4.69, 9.17) is 0 Å². The molecule has 0 saturated carbocycles. The average Bonchev–Trinajstić information content (AvgIpc) is 2.88. The van der Waals surface area contributed by atoms with Crippen molar-refractivity contribution in [2.24, 2.45) is 23.7 Å². The summed E-state index contributed by atoms with van der Waals surface area (Å²) in [4.78, 5) is 5.21. The summed E-state index contributed by atoms with van der Waals surface area (Å²) in [6, 6.07) is 5.66. The summed E-state index contributed by atoms with van der Waals surface area (Å²) in [5.41, 5.74) is 0. The topological polar surface area (TPSA) is 7.68 Å². The Morgan fingerprint density at radius 3 is 2.04 bits per heavy atom. The lowest BCUT2D eigenvalue weighted by Crippen LogP contribution is -3.22. The van der Waals surface area contributed by atoms with E-state index in [2.05, 4.69) is 37.5 Å². The van der Waals surface area contributed by atoms with Gasteiger partial charge in [-0.15, -0.1) is 0 Å². The number of hydrogen-bond acceptors (Lipinski definition) is 1. The summed E-state index contributed by atoms with van der Waals surface area (Å²) in [7, 11) is 0. The predicted octanol–water partition coefficient (Wildman–Crippen LogP) is 2.73. The molecule has 23 heavy (non-hydrogen) atoms. The highest BCUT2D eigenvalue weighted by Gasteiger charge is 2.62. The van der Waals surface area contributed by atoms with Crippen LogP contribution in [-0.4, -0.2) is 41.2 Å². The van der Waals surface area contributed by atoms with Crippen LogP contribution in [0, 0.1) is 23.7 Å². The summed E-state index contributed by atoms with van der Waals surface area (Å²) >= 11 is 0. The first-order valence-corrected chi connectivity index (χ1v) is 10.7. The van der Waals surface area contributed by atoms with Crippen molar-refractivity contribution in [1.82, 2.24) is 4.90 Å². The van der Waals surface area contributed by atoms with E-state index in [1.54, 1.807) is 0 Å². The molecule has 5 heterocycles. The highest BCUT2D eigenvalue weighted by Crippen LogP contribution is 2.48. The van der Waals surface area contributed by atoms with Gasteiger partial charge < -0.3 is 4.90 Å². The fourth-order valence-electron chi connectivity index (χ4n) is 8.17. The second-order valence-electron chi connectivity index (χ2n) is 10.0. The summed E-state index contributed by atoms with van der Waals surface area (Å²) in [6.45, 7) is 10.3. The van der Waals surface area contributed by atoms with Crippen LogP contribution in [0.15, 0.2) is 0 Å². The Balaban J connectivity index is 1.58. The van der Waals surface area contributed by atoms with E-state index in [9.17, 15) is 0 Å². The number of nitrogens with one attached hydrogen (secondary N) is 1. The molecule has 5 rings (SSSR count). The van der Waals surface area contributed by atoms with Crippen molar-refractivity contribution >= 4 is 0 Å². The van der Waals surface area contributed by atoms with E-state index >= 15 is 0 Å². The number of quaternary nitrogens is 1. The normalized spacial score (nSPS) is 61.8. The van der Waals surface area contributed by atoms with Crippen molar-refractivity contribution < 1.29 is 4.90 Å². The molecule has 0 radical (unpaired) electrons. The predicted molar refractivity (Wildman–Crippen MR) is 94.5 cm³/mol. The molecule has 5 saturated heterocycles. The molecule has 5 aliphatic heterocycles. The van der Waals surface area contributed by atoms with Crippen LogP contribution >= 0.6 is 0 Å². The van der Waals surface area contributed by atoms with Crippen LogP contribution in [0.2, 0.25) is 0 Å². The molecule has 0 aromatic heterocycles. The summed E-state index contributed by atoms with van der Waals surface area (Å²) in [6.07, 6.45) is 10.5. The molecule has 0 aromatic rings. The molecule has 5 fully saturated rings. The van der Waals surface area contributed by atoms with Crippen LogP contribution in [0.1, 0.15) is 72.6 Å². The van der Waals surface area contributed by atoms with Crippen molar-refractivity contribution in [3.05, 3.63) is 0 Å². The van der Waals surface area contributed by atoms with Gasteiger partial charge in [-0.1, -0.05) is 34.1 Å². The maximum absolute atomic E-state index is 3.12. The maximum atomic E-state index is 3.12. The van der Waals surface area contributed by atoms with E-state index in [0.717, 1.165) is 59.9 Å². The molecular weight excluding hydrogens is 280 g/mol. The molecule has 130 valence electrons. The highest BCUT2D eigenvalue weighted by molar-refractivity contribution is 5.07. The molecule has 2 heteroatoms. The second kappa shape index (κ2) is 5.21. The fourth-order valence-corrected chi connectivity index (χ4v) is 8.17. The first-order chi connectivity index (χ1) is 11.1. The van der Waals surface area contributed by atoms with Crippen molar-refractivity contribution in [3.8, 4) is 0 Å². The summed E-state index contributed by atoms with van der Waals surface area (Å²) in [5, 5.41) is 0. The van der Waals surface area contributed by atoms with Gasteiger partial charge in [0, 0.05) is 36.8 Å². The first kappa shape index (κ1) is 15.2. The molecule has 2 nitrogen and oxygen atoms in total. The minimum absolute atomic E-state index is 0.900. The molecule has 1 N–H and O–H groups in total. The Kier molecular flexibility index (Phi) is 3.44. The molecule has 0 bridgehead atoms. The molecule has 0 aliphatic carbocycles. The number of nitrogens with zero attached hydrogens (tertiary/aromatic N) is 1. The second-order valence-corrected chi connectivity index (χ2v) is 10.0. The van der Waals surface area contributed by atoms with E-state index in [1.807, 2.05) is 0 Å². The smallest absolute Gasteiger partial charge is 0.104 e. The summed E-state index contributed by atoms with van der Waals surface area (Å²) in [5.74, 6) is 3.75. The molecular formula is C21H37N2+. The minimum Gasteiger partial charge on any atom is -0.326 e. The van der Waals surface area contributed by atoms with Crippen LogP contribution in [0.3, 0.4) is 0 Å². The highest BCUT2D eigenvalue weighted by atomic mass is 15.4. The lowest BCUT2D eigenvalue weighted by Gasteiger charge is -2.47. The summed E-state index contributed by atoms with van der Waals surface area (Å²) < 4.78 is 0. The fraction of sp³-hybridized carbons (Fsp3) is 1.00.